The van der Waals surface area contributed by atoms with E-state index >= 15 is 0 Å². The van der Waals surface area contributed by atoms with Crippen LogP contribution >= 0.6 is 0 Å². The van der Waals surface area contributed by atoms with Gasteiger partial charge in [0.25, 0.3) is 5.91 Å². The van der Waals surface area contributed by atoms with Crippen LogP contribution in [-0.4, -0.2) is 30.6 Å². The van der Waals surface area contributed by atoms with Crippen molar-refractivity contribution in [1.29, 1.82) is 0 Å². The van der Waals surface area contributed by atoms with Gasteiger partial charge >= 0.3 is 0 Å². The zero-order valence-electron chi connectivity index (χ0n) is 12.5. The summed E-state index contributed by atoms with van der Waals surface area (Å²) in [6.07, 6.45) is 0. The fraction of sp³-hybridized carbons (Fsp3) is 0.176. The Morgan fingerprint density at radius 3 is 2.70 bits per heavy atom. The summed E-state index contributed by atoms with van der Waals surface area (Å²) in [5, 5.41) is 0. The van der Waals surface area contributed by atoms with Crippen molar-refractivity contribution in [2.75, 3.05) is 13.8 Å². The molecule has 4 rings (SSSR count). The monoisotopic (exact) mass is 309 g/mol. The summed E-state index contributed by atoms with van der Waals surface area (Å²) in [5.74, 6) is 1.60. The molecule has 0 radical (unpaired) electrons. The highest BCUT2D eigenvalue weighted by Crippen LogP contribution is 2.36. The van der Waals surface area contributed by atoms with Crippen LogP contribution in [0.3, 0.4) is 0 Å². The van der Waals surface area contributed by atoms with Crippen molar-refractivity contribution >= 4 is 11.9 Å². The van der Waals surface area contributed by atoms with E-state index in [9.17, 15) is 4.79 Å². The number of rotatable bonds is 2. The largest absolute Gasteiger partial charge is 0.454 e. The molecule has 2 aliphatic heterocycles. The molecule has 0 saturated heterocycles. The van der Waals surface area contributed by atoms with Crippen molar-refractivity contribution in [3.63, 3.8) is 0 Å². The quantitative estimate of drug-likeness (QED) is 0.919. The van der Waals surface area contributed by atoms with E-state index in [-0.39, 0.29) is 18.7 Å². The van der Waals surface area contributed by atoms with Crippen LogP contribution in [0.2, 0.25) is 0 Å². The number of ether oxygens (including phenoxy) is 2. The summed E-state index contributed by atoms with van der Waals surface area (Å²) in [4.78, 5) is 17.8. The summed E-state index contributed by atoms with van der Waals surface area (Å²) in [6.45, 7) is 0.246. The molecule has 0 fully saturated rings. The standard InChI is InChI=1S/C17H15N3O3/c1-20-16(21)15(19-17(20)18)12-4-2-3-10(7-12)11-5-6-13-14(8-11)23-9-22-13/h2-8,15H,9H2,1H3,(H2,18,19). The molecular formula is C17H15N3O3. The first-order chi connectivity index (χ1) is 11.1. The van der Waals surface area contributed by atoms with E-state index in [1.807, 2.05) is 42.5 Å². The van der Waals surface area contributed by atoms with Crippen LogP contribution < -0.4 is 15.2 Å². The number of guanidine groups is 1. The second-order valence-corrected chi connectivity index (χ2v) is 5.48. The maximum atomic E-state index is 12.2. The molecule has 2 aromatic carbocycles. The molecule has 0 bridgehead atoms. The molecule has 6 nitrogen and oxygen atoms in total. The van der Waals surface area contributed by atoms with E-state index in [0.29, 0.717) is 0 Å². The number of nitrogens with two attached hydrogens (primary N) is 1. The first kappa shape index (κ1) is 13.6. The molecule has 1 atom stereocenters. The molecule has 2 N–H and O–H groups in total. The van der Waals surface area contributed by atoms with Gasteiger partial charge in [-0.15, -0.1) is 0 Å². The molecular weight excluding hydrogens is 294 g/mol. The molecule has 23 heavy (non-hydrogen) atoms. The number of nitrogens with zero attached hydrogens (tertiary/aromatic N) is 2. The molecule has 1 unspecified atom stereocenters. The SMILES string of the molecule is CN1C(=O)C(c2cccc(-c3ccc4c(c3)OCO4)c2)N=C1N. The third kappa shape index (κ3) is 2.19. The van der Waals surface area contributed by atoms with Gasteiger partial charge in [-0.25, -0.2) is 4.99 Å². The van der Waals surface area contributed by atoms with Gasteiger partial charge in [0.15, 0.2) is 23.5 Å². The van der Waals surface area contributed by atoms with Crippen molar-refractivity contribution in [1.82, 2.24) is 4.90 Å². The average molecular weight is 309 g/mol. The normalized spacial score (nSPS) is 19.2. The predicted molar refractivity (Wildman–Crippen MR) is 85.1 cm³/mol. The van der Waals surface area contributed by atoms with Gasteiger partial charge in [-0.05, 0) is 34.9 Å². The number of carbonyl (C=O) groups excluding carboxylic acids is 1. The van der Waals surface area contributed by atoms with Crippen molar-refractivity contribution in [2.45, 2.75) is 6.04 Å². The smallest absolute Gasteiger partial charge is 0.258 e. The number of benzene rings is 2. The number of fused-ring (bicyclic) bond motifs is 1. The van der Waals surface area contributed by atoms with E-state index < -0.39 is 6.04 Å². The number of hydrogen-bond acceptors (Lipinski definition) is 5. The Labute approximate surface area is 133 Å². The number of aliphatic imine (C=N–C) groups is 1. The molecule has 0 aliphatic carbocycles. The summed E-state index contributed by atoms with van der Waals surface area (Å²) in [5.41, 5.74) is 8.52. The number of amides is 1. The molecule has 116 valence electrons. The van der Waals surface area contributed by atoms with Crippen LogP contribution in [-0.2, 0) is 4.79 Å². The Balaban J connectivity index is 1.71. The second kappa shape index (κ2) is 5.01. The molecule has 2 aromatic rings. The first-order valence-corrected chi connectivity index (χ1v) is 7.24. The van der Waals surface area contributed by atoms with Crippen LogP contribution in [0.4, 0.5) is 0 Å². The van der Waals surface area contributed by atoms with Crippen molar-refractivity contribution in [3.05, 3.63) is 48.0 Å². The van der Waals surface area contributed by atoms with Crippen LogP contribution in [0.25, 0.3) is 11.1 Å². The lowest BCUT2D eigenvalue weighted by atomic mass is 9.99. The van der Waals surface area contributed by atoms with Gasteiger partial charge in [0.05, 0.1) is 0 Å². The topological polar surface area (TPSA) is 77.2 Å². The van der Waals surface area contributed by atoms with Crippen molar-refractivity contribution in [2.24, 2.45) is 10.7 Å². The third-order valence-corrected chi connectivity index (χ3v) is 4.08. The average Bonchev–Trinajstić information content (AvgIpc) is 3.14. The number of hydrogen-bond donors (Lipinski definition) is 1. The summed E-state index contributed by atoms with van der Waals surface area (Å²) in [7, 11) is 1.63. The van der Waals surface area contributed by atoms with Gasteiger partial charge in [0, 0.05) is 7.05 Å². The molecule has 0 aromatic heterocycles. The molecule has 1 amide bonds. The fourth-order valence-corrected chi connectivity index (χ4v) is 2.75. The third-order valence-electron chi connectivity index (χ3n) is 4.08. The van der Waals surface area contributed by atoms with E-state index in [0.717, 1.165) is 28.2 Å². The minimum absolute atomic E-state index is 0.120. The van der Waals surface area contributed by atoms with Gasteiger partial charge < -0.3 is 15.2 Å². The van der Waals surface area contributed by atoms with E-state index in [1.54, 1.807) is 7.05 Å². The Bertz CT molecular complexity index is 832. The maximum Gasteiger partial charge on any atom is 0.258 e. The van der Waals surface area contributed by atoms with E-state index in [4.69, 9.17) is 15.2 Å². The fourth-order valence-electron chi connectivity index (χ4n) is 2.75. The molecule has 2 aliphatic rings. The van der Waals surface area contributed by atoms with Crippen LogP contribution in [0.15, 0.2) is 47.5 Å². The van der Waals surface area contributed by atoms with Gasteiger partial charge in [-0.1, -0.05) is 24.3 Å². The minimum atomic E-state index is -0.575. The zero-order valence-corrected chi connectivity index (χ0v) is 12.5. The van der Waals surface area contributed by atoms with E-state index in [1.165, 1.54) is 4.90 Å². The number of carbonyl (C=O) groups is 1. The highest BCUT2D eigenvalue weighted by Gasteiger charge is 2.31. The first-order valence-electron chi connectivity index (χ1n) is 7.24. The lowest BCUT2D eigenvalue weighted by molar-refractivity contribution is -0.126. The zero-order chi connectivity index (χ0) is 16.0. The van der Waals surface area contributed by atoms with Crippen LogP contribution in [0.5, 0.6) is 11.5 Å². The van der Waals surface area contributed by atoms with E-state index in [2.05, 4.69) is 4.99 Å². The summed E-state index contributed by atoms with van der Waals surface area (Å²) < 4.78 is 10.7. The van der Waals surface area contributed by atoms with Crippen molar-refractivity contribution < 1.29 is 14.3 Å². The Morgan fingerprint density at radius 2 is 1.91 bits per heavy atom. The predicted octanol–water partition coefficient (Wildman–Crippen LogP) is 1.91. The maximum absolute atomic E-state index is 12.2. The highest BCUT2D eigenvalue weighted by atomic mass is 16.7. The second-order valence-electron chi connectivity index (χ2n) is 5.48. The molecule has 0 saturated carbocycles. The molecule has 2 heterocycles. The van der Waals surface area contributed by atoms with Gasteiger partial charge in [0.1, 0.15) is 0 Å². The van der Waals surface area contributed by atoms with Gasteiger partial charge in [-0.2, -0.15) is 0 Å². The lowest BCUT2D eigenvalue weighted by Gasteiger charge is -2.11. The lowest BCUT2D eigenvalue weighted by Crippen LogP contribution is -2.34. The summed E-state index contributed by atoms with van der Waals surface area (Å²) in [6, 6.07) is 12.9. The van der Waals surface area contributed by atoms with Crippen LogP contribution in [0, 0.1) is 0 Å². The highest BCUT2D eigenvalue weighted by molar-refractivity contribution is 6.04. The Morgan fingerprint density at radius 1 is 1.13 bits per heavy atom. The van der Waals surface area contributed by atoms with Crippen LogP contribution in [0.1, 0.15) is 11.6 Å². The minimum Gasteiger partial charge on any atom is -0.454 e. The van der Waals surface area contributed by atoms with Gasteiger partial charge in [-0.3, -0.25) is 9.69 Å². The Hall–Kier alpha value is -3.02. The summed E-state index contributed by atoms with van der Waals surface area (Å²) >= 11 is 0. The van der Waals surface area contributed by atoms with Gasteiger partial charge in [0.2, 0.25) is 6.79 Å². The number of likely N-dealkylation sites (N-methyl/N-ethyl adjacent to an activating group) is 1. The van der Waals surface area contributed by atoms with Crippen molar-refractivity contribution in [3.8, 4) is 22.6 Å². The molecule has 0 spiro atoms. The Kier molecular flexibility index (Phi) is 2.97. The molecule has 6 heteroatoms.